The van der Waals surface area contributed by atoms with E-state index >= 15 is 0 Å². The highest BCUT2D eigenvalue weighted by Crippen LogP contribution is 2.19. The molecule has 0 aliphatic heterocycles. The predicted molar refractivity (Wildman–Crippen MR) is 119 cm³/mol. The van der Waals surface area contributed by atoms with Crippen LogP contribution in [0, 0.1) is 0 Å². The number of carbonyl (C=O) groups is 1. The van der Waals surface area contributed by atoms with E-state index in [9.17, 15) is 18.0 Å². The molecule has 0 aliphatic rings. The van der Waals surface area contributed by atoms with E-state index in [0.29, 0.717) is 5.69 Å². The summed E-state index contributed by atoms with van der Waals surface area (Å²) in [4.78, 5) is 24.8. The van der Waals surface area contributed by atoms with E-state index in [4.69, 9.17) is 0 Å². The number of sulfonamides is 1. The van der Waals surface area contributed by atoms with Gasteiger partial charge in [-0.15, -0.1) is 0 Å². The van der Waals surface area contributed by atoms with Crippen molar-refractivity contribution < 1.29 is 13.2 Å². The molecule has 1 heterocycles. The molecule has 0 unspecified atom stereocenters. The normalized spacial score (nSPS) is 11.6. The van der Waals surface area contributed by atoms with Gasteiger partial charge in [-0.2, -0.15) is 9.40 Å². The van der Waals surface area contributed by atoms with Crippen molar-refractivity contribution in [2.75, 3.05) is 12.4 Å². The van der Waals surface area contributed by atoms with Crippen LogP contribution in [-0.2, 0) is 16.6 Å². The van der Waals surface area contributed by atoms with Gasteiger partial charge in [-0.25, -0.2) is 13.1 Å². The van der Waals surface area contributed by atoms with Crippen LogP contribution in [0.25, 0.3) is 0 Å². The van der Waals surface area contributed by atoms with Crippen LogP contribution in [0.1, 0.15) is 29.9 Å². The number of amides is 1. The molecule has 0 bridgehead atoms. The van der Waals surface area contributed by atoms with Crippen molar-refractivity contribution in [2.45, 2.75) is 31.3 Å². The quantitative estimate of drug-likeness (QED) is 0.608. The Bertz CT molecular complexity index is 1220. The number of aromatic nitrogens is 2. The maximum Gasteiger partial charge on any atom is 0.276 e. The Hall–Kier alpha value is -3.30. The van der Waals surface area contributed by atoms with Gasteiger partial charge in [0.05, 0.1) is 11.4 Å². The maximum absolute atomic E-state index is 12.6. The summed E-state index contributed by atoms with van der Waals surface area (Å²) in [6, 6.07) is 17.7. The zero-order valence-corrected chi connectivity index (χ0v) is 18.3. The van der Waals surface area contributed by atoms with Gasteiger partial charge in [0, 0.05) is 24.8 Å². The third-order valence-electron chi connectivity index (χ3n) is 4.79. The smallest absolute Gasteiger partial charge is 0.276 e. The Kier molecular flexibility index (Phi) is 6.67. The number of benzene rings is 2. The molecular formula is C22H24N4O4S. The number of anilines is 1. The molecule has 1 amide bonds. The van der Waals surface area contributed by atoms with E-state index in [0.717, 1.165) is 5.56 Å². The second-order valence-electron chi connectivity index (χ2n) is 7.29. The number of rotatable bonds is 7. The van der Waals surface area contributed by atoms with Gasteiger partial charge >= 0.3 is 0 Å². The molecule has 0 saturated carbocycles. The second-order valence-corrected chi connectivity index (χ2v) is 9.29. The highest BCUT2D eigenvalue weighted by atomic mass is 32.2. The monoisotopic (exact) mass is 440 g/mol. The molecule has 0 spiro atoms. The van der Waals surface area contributed by atoms with E-state index in [1.54, 1.807) is 13.8 Å². The van der Waals surface area contributed by atoms with E-state index in [1.165, 1.54) is 52.4 Å². The minimum absolute atomic E-state index is 0.0757. The van der Waals surface area contributed by atoms with E-state index in [-0.39, 0.29) is 28.7 Å². The molecule has 0 aliphatic carbocycles. The molecule has 0 fully saturated rings. The molecule has 162 valence electrons. The second kappa shape index (κ2) is 9.23. The lowest BCUT2D eigenvalue weighted by Crippen LogP contribution is -2.33. The molecule has 0 radical (unpaired) electrons. The van der Waals surface area contributed by atoms with E-state index < -0.39 is 15.9 Å². The molecule has 2 aromatic carbocycles. The number of hydrogen-bond donors (Lipinski definition) is 1. The lowest BCUT2D eigenvalue weighted by atomic mass is 10.2. The summed E-state index contributed by atoms with van der Waals surface area (Å²) in [5.74, 6) is -0.503. The third-order valence-corrected chi connectivity index (χ3v) is 6.84. The van der Waals surface area contributed by atoms with Gasteiger partial charge in [0.1, 0.15) is 5.69 Å². The fourth-order valence-corrected chi connectivity index (χ4v) is 4.16. The van der Waals surface area contributed by atoms with Crippen LogP contribution in [0.15, 0.2) is 76.4 Å². The van der Waals surface area contributed by atoms with Crippen LogP contribution in [0.2, 0.25) is 0 Å². The SMILES string of the molecule is CC(C)N(C)S(=O)(=O)c1ccc(NC(=O)c2ccc(=O)n(Cc3ccccc3)n2)cc1. The van der Waals surface area contributed by atoms with Crippen molar-refractivity contribution in [3.05, 3.63) is 88.3 Å². The van der Waals surface area contributed by atoms with Crippen LogP contribution in [-0.4, -0.2) is 41.5 Å². The van der Waals surface area contributed by atoms with E-state index in [1.807, 2.05) is 30.3 Å². The minimum Gasteiger partial charge on any atom is -0.321 e. The van der Waals surface area contributed by atoms with Gasteiger partial charge in [-0.3, -0.25) is 9.59 Å². The van der Waals surface area contributed by atoms with Gasteiger partial charge in [-0.1, -0.05) is 30.3 Å². The number of carbonyl (C=O) groups excluding carboxylic acids is 1. The third kappa shape index (κ3) is 5.25. The average Bonchev–Trinajstić information content (AvgIpc) is 2.75. The first-order valence-corrected chi connectivity index (χ1v) is 11.1. The molecular weight excluding hydrogens is 416 g/mol. The zero-order valence-electron chi connectivity index (χ0n) is 17.5. The average molecular weight is 441 g/mol. The van der Waals surface area contributed by atoms with Gasteiger partial charge in [0.25, 0.3) is 11.5 Å². The summed E-state index contributed by atoms with van der Waals surface area (Å²) >= 11 is 0. The Labute approximate surface area is 181 Å². The Balaban J connectivity index is 1.76. The topological polar surface area (TPSA) is 101 Å². The van der Waals surface area contributed by atoms with Gasteiger partial charge < -0.3 is 5.32 Å². The Morgan fingerprint density at radius 3 is 2.29 bits per heavy atom. The number of hydrogen-bond acceptors (Lipinski definition) is 5. The summed E-state index contributed by atoms with van der Waals surface area (Å²) in [6.07, 6.45) is 0. The molecule has 0 saturated heterocycles. The summed E-state index contributed by atoms with van der Waals surface area (Å²) in [7, 11) is -2.09. The van der Waals surface area contributed by atoms with Crippen molar-refractivity contribution in [3.63, 3.8) is 0 Å². The highest BCUT2D eigenvalue weighted by molar-refractivity contribution is 7.89. The van der Waals surface area contributed by atoms with Crippen molar-refractivity contribution in [2.24, 2.45) is 0 Å². The molecule has 1 aromatic heterocycles. The fraction of sp³-hybridized carbons (Fsp3) is 0.227. The first kappa shape index (κ1) is 22.4. The zero-order chi connectivity index (χ0) is 22.6. The van der Waals surface area contributed by atoms with Crippen molar-refractivity contribution in [3.8, 4) is 0 Å². The van der Waals surface area contributed by atoms with Gasteiger partial charge in [0.15, 0.2) is 0 Å². The Morgan fingerprint density at radius 2 is 1.68 bits per heavy atom. The molecule has 3 rings (SSSR count). The van der Waals surface area contributed by atoms with Gasteiger partial charge in [0.2, 0.25) is 10.0 Å². The van der Waals surface area contributed by atoms with Crippen LogP contribution in [0.5, 0.6) is 0 Å². The summed E-state index contributed by atoms with van der Waals surface area (Å²) in [5, 5.41) is 6.83. The largest absolute Gasteiger partial charge is 0.321 e. The fourth-order valence-electron chi connectivity index (χ4n) is 2.79. The highest BCUT2D eigenvalue weighted by Gasteiger charge is 2.23. The summed E-state index contributed by atoms with van der Waals surface area (Å²) < 4.78 is 27.6. The summed E-state index contributed by atoms with van der Waals surface area (Å²) in [6.45, 7) is 3.82. The molecule has 0 atom stereocenters. The van der Waals surface area contributed by atoms with Crippen LogP contribution >= 0.6 is 0 Å². The maximum atomic E-state index is 12.6. The van der Waals surface area contributed by atoms with E-state index in [2.05, 4.69) is 10.4 Å². The van der Waals surface area contributed by atoms with Gasteiger partial charge in [-0.05, 0) is 49.7 Å². The lowest BCUT2D eigenvalue weighted by Gasteiger charge is -2.21. The van der Waals surface area contributed by atoms with Crippen molar-refractivity contribution in [1.29, 1.82) is 0 Å². The predicted octanol–water partition coefficient (Wildman–Crippen LogP) is 2.57. The minimum atomic E-state index is -3.61. The lowest BCUT2D eigenvalue weighted by molar-refractivity contribution is 0.102. The van der Waals surface area contributed by atoms with Crippen LogP contribution < -0.4 is 10.9 Å². The first-order valence-electron chi connectivity index (χ1n) is 9.70. The first-order chi connectivity index (χ1) is 14.7. The van der Waals surface area contributed by atoms with Crippen molar-refractivity contribution >= 4 is 21.6 Å². The number of nitrogens with zero attached hydrogens (tertiary/aromatic N) is 3. The molecule has 1 N–H and O–H groups in total. The number of nitrogens with one attached hydrogen (secondary N) is 1. The van der Waals surface area contributed by atoms with Crippen LogP contribution in [0.4, 0.5) is 5.69 Å². The Morgan fingerprint density at radius 1 is 1.03 bits per heavy atom. The summed E-state index contributed by atoms with van der Waals surface area (Å²) in [5.41, 5.74) is 1.06. The standard InChI is InChI=1S/C22H24N4O4S/c1-16(2)25(3)31(29,30)19-11-9-18(10-12-19)23-22(28)20-13-14-21(27)26(24-20)15-17-7-5-4-6-8-17/h4-14,16H,15H2,1-3H3,(H,23,28). The molecule has 9 heteroatoms. The van der Waals surface area contributed by atoms with Crippen LogP contribution in [0.3, 0.4) is 0 Å². The molecule has 8 nitrogen and oxygen atoms in total. The molecule has 3 aromatic rings. The molecule has 31 heavy (non-hydrogen) atoms. The van der Waals surface area contributed by atoms with Crippen molar-refractivity contribution in [1.82, 2.24) is 14.1 Å².